The molecule has 0 saturated carbocycles. The van der Waals surface area contributed by atoms with Gasteiger partial charge >= 0.3 is 11.9 Å². The van der Waals surface area contributed by atoms with Crippen molar-refractivity contribution in [2.24, 2.45) is 0 Å². The van der Waals surface area contributed by atoms with Crippen LogP contribution in [0.4, 0.5) is 0 Å². The third-order valence-corrected chi connectivity index (χ3v) is 3.91. The van der Waals surface area contributed by atoms with Crippen molar-refractivity contribution in [3.63, 3.8) is 0 Å². The molecule has 0 amide bonds. The predicted octanol–water partition coefficient (Wildman–Crippen LogP) is 3.94. The fourth-order valence-corrected chi connectivity index (χ4v) is 2.70. The van der Waals surface area contributed by atoms with E-state index in [0.717, 1.165) is 16.7 Å². The van der Waals surface area contributed by atoms with Crippen LogP contribution in [0, 0.1) is 6.92 Å². The van der Waals surface area contributed by atoms with Gasteiger partial charge in [-0.1, -0.05) is 42.5 Å². The highest BCUT2D eigenvalue weighted by Crippen LogP contribution is 2.36. The van der Waals surface area contributed by atoms with Crippen molar-refractivity contribution in [3.8, 4) is 5.75 Å². The number of hydrogen-bond donors (Lipinski definition) is 0. The molecule has 2 aromatic rings. The summed E-state index contributed by atoms with van der Waals surface area (Å²) in [5.74, 6) is -0.482. The molecule has 0 atom stereocenters. The minimum atomic E-state index is -0.499. The zero-order valence-electron chi connectivity index (χ0n) is 14.1. The molecule has 0 heterocycles. The van der Waals surface area contributed by atoms with E-state index in [0.29, 0.717) is 16.9 Å². The van der Waals surface area contributed by atoms with Gasteiger partial charge in [0.2, 0.25) is 0 Å². The summed E-state index contributed by atoms with van der Waals surface area (Å²) in [6, 6.07) is 14.8. The SMILES string of the molecule is CCOC(=O)/C=C1/C(C(=O)Oc2ccccc2C)=Cc2ccccc21. The summed E-state index contributed by atoms with van der Waals surface area (Å²) in [5.41, 5.74) is 3.41. The summed E-state index contributed by atoms with van der Waals surface area (Å²) >= 11 is 0. The van der Waals surface area contributed by atoms with E-state index in [4.69, 9.17) is 9.47 Å². The Morgan fingerprint density at radius 1 is 1.04 bits per heavy atom. The van der Waals surface area contributed by atoms with Crippen molar-refractivity contribution in [2.75, 3.05) is 6.61 Å². The second-order valence-corrected chi connectivity index (χ2v) is 5.61. The molecule has 0 aliphatic heterocycles. The van der Waals surface area contributed by atoms with E-state index < -0.39 is 11.9 Å². The Balaban J connectivity index is 1.95. The summed E-state index contributed by atoms with van der Waals surface area (Å²) in [5, 5.41) is 0. The zero-order chi connectivity index (χ0) is 17.8. The molecule has 1 aliphatic rings. The number of hydrogen-bond acceptors (Lipinski definition) is 4. The van der Waals surface area contributed by atoms with Crippen LogP contribution in [0.25, 0.3) is 11.6 Å². The Morgan fingerprint density at radius 2 is 1.76 bits per heavy atom. The molecular weight excluding hydrogens is 316 g/mol. The van der Waals surface area contributed by atoms with Crippen molar-refractivity contribution in [2.45, 2.75) is 13.8 Å². The van der Waals surface area contributed by atoms with E-state index >= 15 is 0 Å². The third kappa shape index (κ3) is 3.53. The van der Waals surface area contributed by atoms with E-state index in [1.807, 2.05) is 49.4 Å². The maximum Gasteiger partial charge on any atom is 0.344 e. The quantitative estimate of drug-likeness (QED) is 0.483. The summed E-state index contributed by atoms with van der Waals surface area (Å²) in [6.07, 6.45) is 3.08. The van der Waals surface area contributed by atoms with Crippen LogP contribution in [0.2, 0.25) is 0 Å². The van der Waals surface area contributed by atoms with Gasteiger partial charge in [0, 0.05) is 11.6 Å². The Hall–Kier alpha value is -3.14. The molecular formula is C21H18O4. The van der Waals surface area contributed by atoms with Gasteiger partial charge in [0.15, 0.2) is 0 Å². The lowest BCUT2D eigenvalue weighted by molar-refractivity contribution is -0.137. The van der Waals surface area contributed by atoms with Gasteiger partial charge < -0.3 is 9.47 Å². The molecule has 0 fully saturated rings. The van der Waals surface area contributed by atoms with E-state index in [2.05, 4.69) is 0 Å². The Labute approximate surface area is 146 Å². The largest absolute Gasteiger partial charge is 0.463 e. The molecule has 4 nitrogen and oxygen atoms in total. The molecule has 0 spiro atoms. The van der Waals surface area contributed by atoms with Crippen LogP contribution < -0.4 is 4.74 Å². The summed E-state index contributed by atoms with van der Waals surface area (Å²) in [6.45, 7) is 3.88. The molecule has 0 N–H and O–H groups in total. The predicted molar refractivity (Wildman–Crippen MR) is 95.8 cm³/mol. The van der Waals surface area contributed by atoms with Crippen LogP contribution in [0.15, 0.2) is 60.2 Å². The Bertz CT molecular complexity index is 890. The molecule has 25 heavy (non-hydrogen) atoms. The average Bonchev–Trinajstić information content (AvgIpc) is 2.96. The number of benzene rings is 2. The van der Waals surface area contributed by atoms with Crippen molar-refractivity contribution < 1.29 is 19.1 Å². The van der Waals surface area contributed by atoms with Gasteiger partial charge in [0.1, 0.15) is 5.75 Å². The molecule has 0 bridgehead atoms. The van der Waals surface area contributed by atoms with E-state index in [9.17, 15) is 9.59 Å². The van der Waals surface area contributed by atoms with Crippen LogP contribution in [-0.2, 0) is 14.3 Å². The first kappa shape index (κ1) is 16.7. The maximum absolute atomic E-state index is 12.7. The van der Waals surface area contributed by atoms with Gasteiger partial charge in [-0.05, 0) is 42.7 Å². The first-order valence-corrected chi connectivity index (χ1v) is 8.08. The van der Waals surface area contributed by atoms with Gasteiger partial charge in [0.25, 0.3) is 0 Å². The number of rotatable bonds is 4. The van der Waals surface area contributed by atoms with Crippen LogP contribution in [0.1, 0.15) is 23.6 Å². The van der Waals surface area contributed by atoms with Gasteiger partial charge in [-0.15, -0.1) is 0 Å². The van der Waals surface area contributed by atoms with E-state index in [1.165, 1.54) is 6.08 Å². The number of para-hydroxylation sites is 1. The summed E-state index contributed by atoms with van der Waals surface area (Å²) < 4.78 is 10.5. The normalized spacial score (nSPS) is 14.0. The fraction of sp³-hybridized carbons (Fsp3) is 0.143. The highest BCUT2D eigenvalue weighted by Gasteiger charge is 2.26. The first-order chi connectivity index (χ1) is 12.1. The highest BCUT2D eigenvalue weighted by atomic mass is 16.5. The lowest BCUT2D eigenvalue weighted by Gasteiger charge is -2.09. The fourth-order valence-electron chi connectivity index (χ4n) is 2.70. The number of carbonyl (C=O) groups is 2. The van der Waals surface area contributed by atoms with Crippen LogP contribution in [-0.4, -0.2) is 18.5 Å². The monoisotopic (exact) mass is 334 g/mol. The molecule has 0 aromatic heterocycles. The second-order valence-electron chi connectivity index (χ2n) is 5.61. The van der Waals surface area contributed by atoms with Gasteiger partial charge in [-0.2, -0.15) is 0 Å². The van der Waals surface area contributed by atoms with Crippen molar-refractivity contribution >= 4 is 23.6 Å². The molecule has 126 valence electrons. The number of esters is 2. The molecule has 0 unspecified atom stereocenters. The van der Waals surface area contributed by atoms with Gasteiger partial charge in [-0.3, -0.25) is 0 Å². The highest BCUT2D eigenvalue weighted by molar-refractivity contribution is 6.18. The van der Waals surface area contributed by atoms with Crippen LogP contribution >= 0.6 is 0 Å². The Kier molecular flexibility index (Phi) is 4.80. The molecule has 0 radical (unpaired) electrons. The third-order valence-electron chi connectivity index (χ3n) is 3.91. The summed E-state index contributed by atoms with van der Waals surface area (Å²) in [7, 11) is 0. The minimum Gasteiger partial charge on any atom is -0.463 e. The van der Waals surface area contributed by atoms with Crippen molar-refractivity contribution in [1.29, 1.82) is 0 Å². The second kappa shape index (κ2) is 7.18. The molecule has 0 saturated heterocycles. The Morgan fingerprint density at radius 3 is 2.52 bits per heavy atom. The number of carbonyl (C=O) groups excluding carboxylic acids is 2. The zero-order valence-corrected chi connectivity index (χ0v) is 14.1. The van der Waals surface area contributed by atoms with Gasteiger partial charge in [-0.25, -0.2) is 9.59 Å². The smallest absolute Gasteiger partial charge is 0.344 e. The molecule has 2 aromatic carbocycles. The standard InChI is InChI=1S/C21H18O4/c1-3-24-20(22)13-17-16-10-6-5-9-15(16)12-18(17)21(23)25-19-11-7-4-8-14(19)2/h4-13H,3H2,1-2H3/b17-13+. The topological polar surface area (TPSA) is 52.6 Å². The van der Waals surface area contributed by atoms with Crippen molar-refractivity contribution in [1.82, 2.24) is 0 Å². The first-order valence-electron chi connectivity index (χ1n) is 8.08. The average molecular weight is 334 g/mol. The minimum absolute atomic E-state index is 0.275. The lowest BCUT2D eigenvalue weighted by Crippen LogP contribution is -2.12. The van der Waals surface area contributed by atoms with Crippen molar-refractivity contribution in [3.05, 3.63) is 76.9 Å². The van der Waals surface area contributed by atoms with E-state index in [1.54, 1.807) is 19.1 Å². The number of fused-ring (bicyclic) bond motifs is 1. The van der Waals surface area contributed by atoms with E-state index in [-0.39, 0.29) is 6.61 Å². The van der Waals surface area contributed by atoms with Crippen LogP contribution in [0.5, 0.6) is 5.75 Å². The number of aryl methyl sites for hydroxylation is 1. The molecule has 4 heteroatoms. The van der Waals surface area contributed by atoms with Crippen LogP contribution in [0.3, 0.4) is 0 Å². The molecule has 1 aliphatic carbocycles. The summed E-state index contributed by atoms with van der Waals surface area (Å²) in [4.78, 5) is 24.6. The molecule has 3 rings (SSSR count). The van der Waals surface area contributed by atoms with Gasteiger partial charge in [0.05, 0.1) is 12.2 Å². The lowest BCUT2D eigenvalue weighted by atomic mass is 10.0. The number of ether oxygens (including phenoxy) is 2. The maximum atomic E-state index is 12.7.